The van der Waals surface area contributed by atoms with Gasteiger partial charge in [-0.2, -0.15) is 5.26 Å². The fourth-order valence-corrected chi connectivity index (χ4v) is 0.971. The first-order valence-electron chi connectivity index (χ1n) is 4.79. The van der Waals surface area contributed by atoms with Gasteiger partial charge < -0.3 is 10.1 Å². The van der Waals surface area contributed by atoms with Crippen LogP contribution in [-0.2, 0) is 9.53 Å². The molecule has 0 aromatic rings. The van der Waals surface area contributed by atoms with Gasteiger partial charge in [-0.05, 0) is 12.3 Å². The number of hydrogen-bond donors (Lipinski definition) is 1. The Morgan fingerprint density at radius 3 is 2.64 bits per heavy atom. The molecular formula is C10H18N2O2. The smallest absolute Gasteiger partial charge is 0.221 e. The Morgan fingerprint density at radius 2 is 2.21 bits per heavy atom. The van der Waals surface area contributed by atoms with E-state index >= 15 is 0 Å². The zero-order valence-electron chi connectivity index (χ0n) is 9.04. The van der Waals surface area contributed by atoms with Gasteiger partial charge in [0.2, 0.25) is 5.91 Å². The second-order valence-corrected chi connectivity index (χ2v) is 3.51. The molecule has 0 saturated carbocycles. The molecule has 0 aromatic carbocycles. The topological polar surface area (TPSA) is 62.1 Å². The number of ether oxygens (including phenoxy) is 1. The molecule has 1 atom stereocenters. The van der Waals surface area contributed by atoms with Crippen LogP contribution in [0, 0.1) is 17.2 Å². The number of nitrogens with one attached hydrogen (secondary N) is 1. The Morgan fingerprint density at radius 1 is 1.57 bits per heavy atom. The van der Waals surface area contributed by atoms with Crippen LogP contribution in [0.2, 0.25) is 0 Å². The van der Waals surface area contributed by atoms with E-state index in [-0.39, 0.29) is 17.9 Å². The normalized spacial score (nSPS) is 12.2. The third-order valence-corrected chi connectivity index (χ3v) is 1.87. The van der Waals surface area contributed by atoms with Gasteiger partial charge >= 0.3 is 0 Å². The summed E-state index contributed by atoms with van der Waals surface area (Å²) in [4.78, 5) is 11.3. The highest BCUT2D eigenvalue weighted by Crippen LogP contribution is 2.00. The van der Waals surface area contributed by atoms with Crippen molar-refractivity contribution in [2.24, 2.45) is 5.92 Å². The molecule has 1 unspecified atom stereocenters. The standard InChI is InChI=1S/C10H18N2O2/c1-8(2)9(7-11)12-10(13)5-4-6-14-3/h8-9H,4-6H2,1-3H3,(H,12,13). The van der Waals surface area contributed by atoms with Crippen LogP contribution in [0.3, 0.4) is 0 Å². The first-order valence-corrected chi connectivity index (χ1v) is 4.79. The van der Waals surface area contributed by atoms with E-state index in [1.807, 2.05) is 13.8 Å². The molecule has 1 N–H and O–H groups in total. The molecule has 0 fully saturated rings. The number of rotatable bonds is 6. The fourth-order valence-electron chi connectivity index (χ4n) is 0.971. The molecule has 4 nitrogen and oxygen atoms in total. The molecule has 0 aromatic heterocycles. The average molecular weight is 198 g/mol. The molecule has 0 radical (unpaired) electrons. The van der Waals surface area contributed by atoms with E-state index in [2.05, 4.69) is 11.4 Å². The summed E-state index contributed by atoms with van der Waals surface area (Å²) in [5.41, 5.74) is 0. The van der Waals surface area contributed by atoms with E-state index in [4.69, 9.17) is 10.00 Å². The predicted octanol–water partition coefficient (Wildman–Crippen LogP) is 1.08. The van der Waals surface area contributed by atoms with Gasteiger partial charge in [-0.15, -0.1) is 0 Å². The van der Waals surface area contributed by atoms with E-state index in [1.54, 1.807) is 7.11 Å². The minimum atomic E-state index is -0.384. The average Bonchev–Trinajstić information content (AvgIpc) is 2.14. The van der Waals surface area contributed by atoms with Crippen molar-refractivity contribution >= 4 is 5.91 Å². The van der Waals surface area contributed by atoms with E-state index in [9.17, 15) is 4.79 Å². The maximum atomic E-state index is 11.3. The molecule has 0 bridgehead atoms. The number of carbonyl (C=O) groups excluding carboxylic acids is 1. The molecule has 0 heterocycles. The lowest BCUT2D eigenvalue weighted by Crippen LogP contribution is -2.37. The highest BCUT2D eigenvalue weighted by molar-refractivity contribution is 5.76. The van der Waals surface area contributed by atoms with Crippen LogP contribution < -0.4 is 5.32 Å². The van der Waals surface area contributed by atoms with Gasteiger partial charge in [-0.3, -0.25) is 4.79 Å². The van der Waals surface area contributed by atoms with Crippen LogP contribution in [0.25, 0.3) is 0 Å². The number of nitrogens with zero attached hydrogens (tertiary/aromatic N) is 1. The third kappa shape index (κ3) is 5.55. The lowest BCUT2D eigenvalue weighted by Gasteiger charge is -2.14. The van der Waals surface area contributed by atoms with Crippen LogP contribution in [0.1, 0.15) is 26.7 Å². The molecule has 0 saturated heterocycles. The van der Waals surface area contributed by atoms with E-state index in [0.717, 1.165) is 0 Å². The zero-order valence-corrected chi connectivity index (χ0v) is 9.04. The van der Waals surface area contributed by atoms with E-state index in [1.165, 1.54) is 0 Å². The Kier molecular flexibility index (Phi) is 6.77. The summed E-state index contributed by atoms with van der Waals surface area (Å²) in [6.07, 6.45) is 1.11. The van der Waals surface area contributed by atoms with Crippen molar-refractivity contribution in [1.82, 2.24) is 5.32 Å². The Bertz CT molecular complexity index is 209. The van der Waals surface area contributed by atoms with Crippen LogP contribution >= 0.6 is 0 Å². The SMILES string of the molecule is COCCCC(=O)NC(C#N)C(C)C. The predicted molar refractivity (Wildman–Crippen MR) is 53.5 cm³/mol. The van der Waals surface area contributed by atoms with Gasteiger partial charge in [-0.25, -0.2) is 0 Å². The monoisotopic (exact) mass is 198 g/mol. The number of hydrogen-bond acceptors (Lipinski definition) is 3. The first-order chi connectivity index (χ1) is 6.61. The van der Waals surface area contributed by atoms with Gasteiger partial charge in [0.1, 0.15) is 6.04 Å². The van der Waals surface area contributed by atoms with Crippen molar-refractivity contribution in [3.05, 3.63) is 0 Å². The summed E-state index contributed by atoms with van der Waals surface area (Å²) < 4.78 is 4.83. The van der Waals surface area contributed by atoms with Crippen LogP contribution in [0.4, 0.5) is 0 Å². The second kappa shape index (κ2) is 7.34. The van der Waals surface area contributed by atoms with Gasteiger partial charge in [0.05, 0.1) is 6.07 Å². The number of carbonyl (C=O) groups is 1. The molecule has 4 heteroatoms. The van der Waals surface area contributed by atoms with Gasteiger partial charge in [0, 0.05) is 20.1 Å². The second-order valence-electron chi connectivity index (χ2n) is 3.51. The van der Waals surface area contributed by atoms with Crippen molar-refractivity contribution in [2.75, 3.05) is 13.7 Å². The van der Waals surface area contributed by atoms with Crippen molar-refractivity contribution in [3.8, 4) is 6.07 Å². The van der Waals surface area contributed by atoms with E-state index < -0.39 is 0 Å². The number of methoxy groups -OCH3 is 1. The summed E-state index contributed by atoms with van der Waals surface area (Å²) in [6, 6.07) is 1.68. The number of amides is 1. The quantitative estimate of drug-likeness (QED) is 0.649. The fraction of sp³-hybridized carbons (Fsp3) is 0.800. The first kappa shape index (κ1) is 12.9. The van der Waals surface area contributed by atoms with Crippen molar-refractivity contribution in [3.63, 3.8) is 0 Å². The summed E-state index contributed by atoms with van der Waals surface area (Å²) >= 11 is 0. The third-order valence-electron chi connectivity index (χ3n) is 1.87. The minimum absolute atomic E-state index is 0.0812. The van der Waals surface area contributed by atoms with Crippen LogP contribution in [-0.4, -0.2) is 25.7 Å². The minimum Gasteiger partial charge on any atom is -0.385 e. The van der Waals surface area contributed by atoms with Crippen LogP contribution in [0.5, 0.6) is 0 Å². The zero-order chi connectivity index (χ0) is 11.0. The highest BCUT2D eigenvalue weighted by Gasteiger charge is 2.14. The molecule has 0 aliphatic rings. The van der Waals surface area contributed by atoms with Crippen LogP contribution in [0.15, 0.2) is 0 Å². The van der Waals surface area contributed by atoms with Gasteiger partial charge in [0.25, 0.3) is 0 Å². The lowest BCUT2D eigenvalue weighted by atomic mass is 10.1. The van der Waals surface area contributed by atoms with Crippen molar-refractivity contribution in [2.45, 2.75) is 32.7 Å². The molecule has 0 aliphatic carbocycles. The molecule has 0 spiro atoms. The van der Waals surface area contributed by atoms with E-state index in [0.29, 0.717) is 19.4 Å². The molecule has 0 rings (SSSR count). The number of nitriles is 1. The Labute approximate surface area is 85.2 Å². The lowest BCUT2D eigenvalue weighted by molar-refractivity contribution is -0.122. The summed E-state index contributed by atoms with van der Waals surface area (Å²) in [5.74, 6) is 0.0636. The summed E-state index contributed by atoms with van der Waals surface area (Å²) in [6.45, 7) is 4.39. The molecule has 80 valence electrons. The molecule has 0 aliphatic heterocycles. The Balaban J connectivity index is 3.75. The Hall–Kier alpha value is -1.08. The van der Waals surface area contributed by atoms with Crippen molar-refractivity contribution in [1.29, 1.82) is 5.26 Å². The molecular weight excluding hydrogens is 180 g/mol. The summed E-state index contributed by atoms with van der Waals surface area (Å²) in [7, 11) is 1.60. The molecule has 1 amide bonds. The van der Waals surface area contributed by atoms with Gasteiger partial charge in [-0.1, -0.05) is 13.8 Å². The summed E-state index contributed by atoms with van der Waals surface area (Å²) in [5, 5.41) is 11.4. The van der Waals surface area contributed by atoms with Gasteiger partial charge in [0.15, 0.2) is 0 Å². The highest BCUT2D eigenvalue weighted by atomic mass is 16.5. The van der Waals surface area contributed by atoms with Crippen molar-refractivity contribution < 1.29 is 9.53 Å². The maximum Gasteiger partial charge on any atom is 0.221 e. The maximum absolute atomic E-state index is 11.3. The molecule has 14 heavy (non-hydrogen) atoms. The largest absolute Gasteiger partial charge is 0.385 e.